The van der Waals surface area contributed by atoms with Crippen molar-refractivity contribution in [1.82, 2.24) is 4.98 Å². The molecular formula is C4H3Li2N. The van der Waals surface area contributed by atoms with E-state index in [1.165, 1.54) is 0 Å². The van der Waals surface area contributed by atoms with Gasteiger partial charge in [0.2, 0.25) is 0 Å². The van der Waals surface area contributed by atoms with Crippen molar-refractivity contribution in [2.45, 2.75) is 0 Å². The number of nitrogens with zero attached hydrogens (tertiary/aromatic N) is 1. The van der Waals surface area contributed by atoms with Gasteiger partial charge in [-0.3, -0.25) is 0 Å². The summed E-state index contributed by atoms with van der Waals surface area (Å²) in [6.07, 6.45) is 4.31. The first-order valence-corrected chi connectivity index (χ1v) is 1.44. The Morgan fingerprint density at radius 2 is 2.00 bits per heavy atom. The number of rotatable bonds is 0. The van der Waals surface area contributed by atoms with Gasteiger partial charge in [0.25, 0.3) is 0 Å². The minimum absolute atomic E-state index is 0. The first kappa shape index (κ1) is 10.5. The van der Waals surface area contributed by atoms with E-state index in [1.807, 2.05) is 6.07 Å². The molecule has 0 bridgehead atoms. The third-order valence-electron chi connectivity index (χ3n) is 0.406. The molecule has 1 nitrogen and oxygen atoms in total. The van der Waals surface area contributed by atoms with E-state index in [-0.39, 0.29) is 37.7 Å². The summed E-state index contributed by atoms with van der Waals surface area (Å²) in [6, 6.07) is 3.60. The van der Waals surface area contributed by atoms with Crippen LogP contribution < -0.4 is 42.7 Å². The van der Waals surface area contributed by atoms with Gasteiger partial charge in [-0.15, -0.1) is 0 Å². The zero-order chi connectivity index (χ0) is 3.54. The van der Waals surface area contributed by atoms with Gasteiger partial charge < -0.3 is 17.4 Å². The van der Waals surface area contributed by atoms with Gasteiger partial charge in [0.05, 0.1) is 0 Å². The Labute approximate surface area is 67.2 Å². The van der Waals surface area contributed by atoms with Crippen LogP contribution in [0.4, 0.5) is 0 Å². The van der Waals surface area contributed by atoms with Crippen LogP contribution in [0.3, 0.4) is 0 Å². The first-order chi connectivity index (χ1) is 2.50. The van der Waals surface area contributed by atoms with Gasteiger partial charge in [0.15, 0.2) is 0 Å². The molecule has 1 aromatic rings. The molecule has 0 N–H and O–H groups in total. The van der Waals surface area contributed by atoms with Gasteiger partial charge in [-0.2, -0.15) is 0 Å². The van der Waals surface area contributed by atoms with Crippen molar-refractivity contribution in [2.75, 3.05) is 0 Å². The second kappa shape index (κ2) is 6.47. The number of hydrogen-bond acceptors (Lipinski definition) is 0. The molecule has 0 saturated carbocycles. The van der Waals surface area contributed by atoms with Gasteiger partial charge >= 0.3 is 37.7 Å². The Kier molecular flexibility index (Phi) is 9.67. The monoisotopic (exact) mass is 79.1 g/mol. The molecule has 0 saturated heterocycles. The Hall–Kier alpha value is 0.475. The van der Waals surface area contributed by atoms with Crippen molar-refractivity contribution >= 4 is 0 Å². The molecule has 0 fully saturated rings. The minimum atomic E-state index is 0. The summed E-state index contributed by atoms with van der Waals surface area (Å²) in [7, 11) is 0. The molecule has 0 aromatic carbocycles. The van der Waals surface area contributed by atoms with Crippen molar-refractivity contribution in [2.24, 2.45) is 0 Å². The summed E-state index contributed by atoms with van der Waals surface area (Å²) in [5.74, 6) is 0. The Bertz CT molecular complexity index is 66.2. The molecule has 0 amide bonds. The van der Waals surface area contributed by atoms with Crippen LogP contribution in [0.1, 0.15) is 0 Å². The van der Waals surface area contributed by atoms with Crippen LogP contribution >= 0.6 is 0 Å². The summed E-state index contributed by atoms with van der Waals surface area (Å²) in [5, 5.41) is 0. The van der Waals surface area contributed by atoms with Crippen molar-refractivity contribution in [3.63, 3.8) is 0 Å². The average molecular weight is 79.0 g/mol. The van der Waals surface area contributed by atoms with Gasteiger partial charge in [0.1, 0.15) is 0 Å². The average Bonchev–Trinajstić information content (AvgIpc) is 1.76. The molecule has 0 unspecified atom stereocenters. The van der Waals surface area contributed by atoms with Crippen LogP contribution in [-0.2, 0) is 0 Å². The summed E-state index contributed by atoms with van der Waals surface area (Å²) in [4.78, 5) is 3.60. The van der Waals surface area contributed by atoms with Gasteiger partial charge in [-0.25, -0.2) is 12.1 Å². The van der Waals surface area contributed by atoms with Crippen LogP contribution in [0.2, 0.25) is 0 Å². The fourth-order valence-corrected chi connectivity index (χ4v) is 0.215. The summed E-state index contributed by atoms with van der Waals surface area (Å²) in [6.45, 7) is 0. The molecule has 7 heavy (non-hydrogen) atoms. The van der Waals surface area contributed by atoms with Gasteiger partial charge in [-0.05, 0) is 0 Å². The first-order valence-electron chi connectivity index (χ1n) is 1.44. The van der Waals surface area contributed by atoms with Crippen LogP contribution in [0.25, 0.3) is 0 Å². The summed E-state index contributed by atoms with van der Waals surface area (Å²) >= 11 is 0. The van der Waals surface area contributed by atoms with E-state index in [9.17, 15) is 0 Å². The second-order valence-corrected chi connectivity index (χ2v) is 0.766. The normalized spacial score (nSPS) is 5.71. The zero-order valence-electron chi connectivity index (χ0n) is 4.68. The third-order valence-corrected chi connectivity index (χ3v) is 0.406. The molecule has 0 aliphatic rings. The molecule has 1 aromatic heterocycles. The topological polar surface area (TPSA) is 14.1 Å². The van der Waals surface area contributed by atoms with Crippen molar-refractivity contribution in [3.8, 4) is 0 Å². The molecule has 26 valence electrons. The second-order valence-electron chi connectivity index (χ2n) is 0.766. The van der Waals surface area contributed by atoms with E-state index in [2.05, 4.69) is 11.2 Å². The quantitative estimate of drug-likeness (QED) is 0.223. The minimum Gasteiger partial charge on any atom is -0.799 e. The zero-order valence-corrected chi connectivity index (χ0v) is 4.68. The van der Waals surface area contributed by atoms with Crippen molar-refractivity contribution in [1.29, 1.82) is 0 Å². The van der Waals surface area contributed by atoms with E-state index >= 15 is 0 Å². The number of aromatic nitrogens is 1. The maximum Gasteiger partial charge on any atom is 1.00 e. The molecule has 1 rings (SSSR count). The number of hydrogen-bond donors (Lipinski definition) is 0. The SMILES string of the molecule is [Li+].[Li+].[c-]1ccc[n-]1. The molecule has 0 spiro atoms. The van der Waals surface area contributed by atoms with Crippen LogP contribution in [0.15, 0.2) is 18.3 Å². The maximum atomic E-state index is 3.60. The van der Waals surface area contributed by atoms with Gasteiger partial charge in [-0.1, -0.05) is 0 Å². The predicted octanol–water partition coefficient (Wildman–Crippen LogP) is -5.55. The third kappa shape index (κ3) is 4.33. The molecule has 0 aliphatic heterocycles. The molecule has 1 heterocycles. The van der Waals surface area contributed by atoms with Crippen LogP contribution in [0.5, 0.6) is 0 Å². The van der Waals surface area contributed by atoms with E-state index in [4.69, 9.17) is 0 Å². The van der Waals surface area contributed by atoms with Gasteiger partial charge in [0, 0.05) is 0 Å². The van der Waals surface area contributed by atoms with E-state index in [1.54, 1.807) is 12.3 Å². The fraction of sp³-hybridized carbons (Fsp3) is 0. The molecular weight excluding hydrogens is 75.9 g/mol. The fourth-order valence-electron chi connectivity index (χ4n) is 0.215. The Balaban J connectivity index is 0. The maximum absolute atomic E-state index is 3.60. The molecule has 0 radical (unpaired) electrons. The van der Waals surface area contributed by atoms with Crippen LogP contribution in [0, 0.1) is 6.20 Å². The smallest absolute Gasteiger partial charge is 0.799 e. The van der Waals surface area contributed by atoms with E-state index in [0.29, 0.717) is 0 Å². The Morgan fingerprint density at radius 3 is 2.14 bits per heavy atom. The Morgan fingerprint density at radius 1 is 1.29 bits per heavy atom. The van der Waals surface area contributed by atoms with Crippen LogP contribution in [-0.4, -0.2) is 0 Å². The summed E-state index contributed by atoms with van der Waals surface area (Å²) < 4.78 is 0. The van der Waals surface area contributed by atoms with Crippen molar-refractivity contribution in [3.05, 3.63) is 24.5 Å². The largest absolute Gasteiger partial charge is 1.00 e. The van der Waals surface area contributed by atoms with E-state index < -0.39 is 0 Å². The standard InChI is InChI=1S/C4H3N.2Li/c1-2-4-5-3-1;;/h1-3H;;/q-2;2*+1. The molecule has 3 heteroatoms. The summed E-state index contributed by atoms with van der Waals surface area (Å²) in [5.41, 5.74) is 0. The van der Waals surface area contributed by atoms with E-state index in [0.717, 1.165) is 0 Å². The van der Waals surface area contributed by atoms with Crippen molar-refractivity contribution < 1.29 is 37.7 Å². The molecule has 0 atom stereocenters. The molecule has 0 aliphatic carbocycles. The predicted molar refractivity (Wildman–Crippen MR) is 18.6 cm³/mol.